The molecule has 20 heavy (non-hydrogen) atoms. The van der Waals surface area contributed by atoms with E-state index in [1.54, 1.807) is 6.08 Å². The molecule has 0 atom stereocenters. The highest BCUT2D eigenvalue weighted by Crippen LogP contribution is 2.08. The largest absolute Gasteiger partial charge is 0.459 e. The van der Waals surface area contributed by atoms with Crippen LogP contribution in [0.1, 0.15) is 26.2 Å². The van der Waals surface area contributed by atoms with E-state index in [-0.39, 0.29) is 12.2 Å². The van der Waals surface area contributed by atoms with E-state index >= 15 is 0 Å². The minimum atomic E-state index is -0.601. The zero-order valence-corrected chi connectivity index (χ0v) is 12.0. The Labute approximate surface area is 120 Å². The summed E-state index contributed by atoms with van der Waals surface area (Å²) in [6, 6.07) is 1.86. The van der Waals surface area contributed by atoms with Gasteiger partial charge in [-0.3, -0.25) is 0 Å². The number of nitriles is 1. The third kappa shape index (κ3) is 6.39. The van der Waals surface area contributed by atoms with Crippen LogP contribution in [0.25, 0.3) is 0 Å². The molecular weight excluding hydrogens is 256 g/mol. The molecule has 5 nitrogen and oxygen atoms in total. The molecule has 1 aliphatic rings. The molecular formula is C15H22N2O3. The molecule has 0 spiro atoms. The predicted molar refractivity (Wildman–Crippen MR) is 75.7 cm³/mol. The van der Waals surface area contributed by atoms with Gasteiger partial charge in [-0.05, 0) is 44.5 Å². The average Bonchev–Trinajstić information content (AvgIpc) is 2.49. The monoisotopic (exact) mass is 278 g/mol. The molecule has 110 valence electrons. The van der Waals surface area contributed by atoms with Gasteiger partial charge in [-0.15, -0.1) is 0 Å². The summed E-state index contributed by atoms with van der Waals surface area (Å²) in [5.74, 6) is -0.601. The van der Waals surface area contributed by atoms with Crippen LogP contribution in [0.3, 0.4) is 0 Å². The average molecular weight is 278 g/mol. The third-order valence-corrected chi connectivity index (χ3v) is 2.96. The number of nitrogens with zero attached hydrogens (tertiary/aromatic N) is 2. The Morgan fingerprint density at radius 3 is 2.70 bits per heavy atom. The maximum Gasteiger partial charge on any atom is 0.348 e. The number of hydrogen-bond donors (Lipinski definition) is 0. The normalized spacial score (nSPS) is 16.2. The molecule has 5 heteroatoms. The van der Waals surface area contributed by atoms with Gasteiger partial charge in [-0.2, -0.15) is 5.26 Å². The second-order valence-electron chi connectivity index (χ2n) is 4.46. The van der Waals surface area contributed by atoms with E-state index in [0.29, 0.717) is 13.2 Å². The lowest BCUT2D eigenvalue weighted by Gasteiger charge is -2.24. The molecule has 1 rings (SSSR count). The van der Waals surface area contributed by atoms with Crippen LogP contribution in [0.5, 0.6) is 0 Å². The van der Waals surface area contributed by atoms with Crippen LogP contribution in [-0.4, -0.2) is 43.8 Å². The van der Waals surface area contributed by atoms with Gasteiger partial charge in [0.25, 0.3) is 0 Å². The summed E-state index contributed by atoms with van der Waals surface area (Å²) in [7, 11) is 0. The molecule has 0 aliphatic carbocycles. The van der Waals surface area contributed by atoms with Crippen LogP contribution in [0.2, 0.25) is 0 Å². The highest BCUT2D eigenvalue weighted by molar-refractivity contribution is 5.93. The first-order valence-corrected chi connectivity index (χ1v) is 7.05. The number of hydrogen-bond acceptors (Lipinski definition) is 5. The van der Waals surface area contributed by atoms with Gasteiger partial charge in [0.2, 0.25) is 0 Å². The highest BCUT2D eigenvalue weighted by atomic mass is 16.6. The van der Waals surface area contributed by atoms with Gasteiger partial charge in [0.1, 0.15) is 18.2 Å². The van der Waals surface area contributed by atoms with Gasteiger partial charge in [0, 0.05) is 19.7 Å². The zero-order valence-electron chi connectivity index (χ0n) is 12.0. The van der Waals surface area contributed by atoms with Crippen LogP contribution in [0.15, 0.2) is 23.9 Å². The first-order chi connectivity index (χ1) is 9.77. The van der Waals surface area contributed by atoms with Gasteiger partial charge < -0.3 is 14.4 Å². The summed E-state index contributed by atoms with van der Waals surface area (Å²) in [5, 5.41) is 8.94. The van der Waals surface area contributed by atoms with E-state index in [1.807, 2.05) is 19.2 Å². The van der Waals surface area contributed by atoms with Crippen molar-refractivity contribution < 1.29 is 14.3 Å². The van der Waals surface area contributed by atoms with Crippen LogP contribution in [0, 0.1) is 11.3 Å². The van der Waals surface area contributed by atoms with Crippen LogP contribution >= 0.6 is 0 Å². The number of allylic oxidation sites excluding steroid dienone is 2. The first kappa shape index (κ1) is 16.3. The molecule has 1 heterocycles. The lowest BCUT2D eigenvalue weighted by Crippen LogP contribution is -2.23. The van der Waals surface area contributed by atoms with Gasteiger partial charge in [-0.1, -0.05) is 0 Å². The third-order valence-electron chi connectivity index (χ3n) is 2.96. The number of ether oxygens (including phenoxy) is 2. The van der Waals surface area contributed by atoms with E-state index in [1.165, 1.54) is 25.3 Å². The quantitative estimate of drug-likeness (QED) is 0.234. The SMILES string of the molecule is CCOCCOC(=O)C(C#N)=CC=CN1CCCCC1. The lowest BCUT2D eigenvalue weighted by molar-refractivity contribution is -0.140. The molecule has 1 saturated heterocycles. The van der Waals surface area contributed by atoms with Crippen molar-refractivity contribution in [3.63, 3.8) is 0 Å². The van der Waals surface area contributed by atoms with E-state index in [2.05, 4.69) is 4.90 Å². The molecule has 0 aromatic heterocycles. The number of esters is 1. The van der Waals surface area contributed by atoms with Gasteiger partial charge in [0.15, 0.2) is 0 Å². The molecule has 0 radical (unpaired) electrons. The molecule has 0 saturated carbocycles. The number of rotatable bonds is 7. The van der Waals surface area contributed by atoms with Crippen LogP contribution in [0.4, 0.5) is 0 Å². The number of carbonyl (C=O) groups excluding carboxylic acids is 1. The minimum absolute atomic E-state index is 0.00904. The zero-order chi connectivity index (χ0) is 14.6. The van der Waals surface area contributed by atoms with Crippen molar-refractivity contribution in [2.45, 2.75) is 26.2 Å². The van der Waals surface area contributed by atoms with Crippen molar-refractivity contribution in [3.05, 3.63) is 23.9 Å². The number of carbonyl (C=O) groups is 1. The van der Waals surface area contributed by atoms with Gasteiger partial charge in [-0.25, -0.2) is 4.79 Å². The fraction of sp³-hybridized carbons (Fsp3) is 0.600. The van der Waals surface area contributed by atoms with Gasteiger partial charge in [0.05, 0.1) is 6.61 Å². The smallest absolute Gasteiger partial charge is 0.348 e. The molecule has 0 unspecified atom stereocenters. The Hall–Kier alpha value is -1.80. The fourth-order valence-corrected chi connectivity index (χ4v) is 1.89. The Morgan fingerprint density at radius 2 is 2.05 bits per heavy atom. The first-order valence-electron chi connectivity index (χ1n) is 7.05. The fourth-order valence-electron chi connectivity index (χ4n) is 1.89. The Kier molecular flexibility index (Phi) is 8.16. The van der Waals surface area contributed by atoms with Crippen molar-refractivity contribution in [2.75, 3.05) is 32.9 Å². The van der Waals surface area contributed by atoms with Crippen LogP contribution in [-0.2, 0) is 14.3 Å². The molecule has 0 aromatic rings. The second-order valence-corrected chi connectivity index (χ2v) is 4.46. The molecule has 0 amide bonds. The van der Waals surface area contributed by atoms with E-state index in [4.69, 9.17) is 14.7 Å². The summed E-state index contributed by atoms with van der Waals surface area (Å²) < 4.78 is 9.99. The second kappa shape index (κ2) is 10.0. The van der Waals surface area contributed by atoms with Crippen molar-refractivity contribution in [2.24, 2.45) is 0 Å². The maximum atomic E-state index is 11.6. The highest BCUT2D eigenvalue weighted by Gasteiger charge is 2.09. The Balaban J connectivity index is 2.39. The topological polar surface area (TPSA) is 62.6 Å². The lowest BCUT2D eigenvalue weighted by atomic mass is 10.1. The Morgan fingerprint density at radius 1 is 1.30 bits per heavy atom. The predicted octanol–water partition coefficient (Wildman–Crippen LogP) is 2.02. The van der Waals surface area contributed by atoms with Gasteiger partial charge >= 0.3 is 5.97 Å². The van der Waals surface area contributed by atoms with Crippen LogP contribution < -0.4 is 0 Å². The summed E-state index contributed by atoms with van der Waals surface area (Å²) in [6.45, 7) is 5.03. The van der Waals surface area contributed by atoms with E-state index < -0.39 is 5.97 Å². The maximum absolute atomic E-state index is 11.6. The molecule has 0 aromatic carbocycles. The summed E-state index contributed by atoms with van der Waals surface area (Å²) in [5.41, 5.74) is 0.00904. The minimum Gasteiger partial charge on any atom is -0.459 e. The van der Waals surface area contributed by atoms with Crippen molar-refractivity contribution in [1.82, 2.24) is 4.90 Å². The number of piperidine rings is 1. The molecule has 0 N–H and O–H groups in total. The molecule has 1 aliphatic heterocycles. The van der Waals surface area contributed by atoms with Crippen molar-refractivity contribution in [3.8, 4) is 6.07 Å². The summed E-state index contributed by atoms with van der Waals surface area (Å²) >= 11 is 0. The van der Waals surface area contributed by atoms with Crippen molar-refractivity contribution in [1.29, 1.82) is 5.26 Å². The molecule has 0 bridgehead atoms. The van der Waals surface area contributed by atoms with E-state index in [0.717, 1.165) is 13.1 Å². The van der Waals surface area contributed by atoms with E-state index in [9.17, 15) is 4.79 Å². The standard InChI is InChI=1S/C15H22N2O3/c1-2-19-11-12-20-15(18)14(13-16)7-6-10-17-8-4-3-5-9-17/h6-7,10H,2-5,8-9,11-12H2,1H3. The molecule has 1 fully saturated rings. The Bertz CT molecular complexity index is 390. The van der Waals surface area contributed by atoms with Crippen molar-refractivity contribution >= 4 is 5.97 Å². The summed E-state index contributed by atoms with van der Waals surface area (Å²) in [6.07, 6.45) is 8.81. The summed E-state index contributed by atoms with van der Waals surface area (Å²) in [4.78, 5) is 13.8. The number of likely N-dealkylation sites (tertiary alicyclic amines) is 1.